The zero-order chi connectivity index (χ0) is 18.1. The van der Waals surface area contributed by atoms with Gasteiger partial charge in [-0.25, -0.2) is 0 Å². The summed E-state index contributed by atoms with van der Waals surface area (Å²) >= 11 is 5.39. The minimum Gasteiger partial charge on any atom is -0.348 e. The van der Waals surface area contributed by atoms with E-state index in [1.165, 1.54) is 5.56 Å². The molecule has 0 aliphatic carbocycles. The van der Waals surface area contributed by atoms with Crippen LogP contribution in [0.25, 0.3) is 0 Å². The van der Waals surface area contributed by atoms with Gasteiger partial charge < -0.3 is 4.90 Å². The number of thiocarbonyl (C=S) groups is 1. The molecule has 0 fully saturated rings. The van der Waals surface area contributed by atoms with Crippen molar-refractivity contribution >= 4 is 23.2 Å². The molecule has 2 aromatic rings. The molecule has 1 amide bonds. The normalized spacial score (nSPS) is 9.92. The summed E-state index contributed by atoms with van der Waals surface area (Å²) in [5.41, 5.74) is 2.85. The van der Waals surface area contributed by atoms with Crippen molar-refractivity contribution in [3.63, 3.8) is 0 Å². The molecule has 0 aromatic heterocycles. The first-order valence-corrected chi connectivity index (χ1v) is 8.59. The Kier molecular flexibility index (Phi) is 7.12. The lowest BCUT2D eigenvalue weighted by Gasteiger charge is -2.24. The lowest BCUT2D eigenvalue weighted by Crippen LogP contribution is -2.44. The molecule has 2 rings (SSSR count). The van der Waals surface area contributed by atoms with Gasteiger partial charge >= 0.3 is 0 Å². The Hall–Kier alpha value is -2.71. The fourth-order valence-corrected chi connectivity index (χ4v) is 2.64. The first kappa shape index (κ1) is 18.6. The molecule has 4 nitrogen and oxygen atoms in total. The van der Waals surface area contributed by atoms with Crippen molar-refractivity contribution in [1.82, 2.24) is 10.2 Å². The fraction of sp³-hybridized carbons (Fsp3) is 0.250. The van der Waals surface area contributed by atoms with E-state index >= 15 is 0 Å². The lowest BCUT2D eigenvalue weighted by molar-refractivity contribution is 0.0973. The van der Waals surface area contributed by atoms with Crippen molar-refractivity contribution in [2.45, 2.75) is 19.8 Å². The van der Waals surface area contributed by atoms with Crippen LogP contribution in [0.4, 0.5) is 0 Å². The maximum absolute atomic E-state index is 12.3. The Balaban J connectivity index is 1.98. The van der Waals surface area contributed by atoms with Crippen LogP contribution in [0.2, 0.25) is 0 Å². The number of nitriles is 1. The molecule has 5 heteroatoms. The van der Waals surface area contributed by atoms with Crippen molar-refractivity contribution in [2.24, 2.45) is 0 Å². The summed E-state index contributed by atoms with van der Waals surface area (Å²) < 4.78 is 0. The number of carbonyl (C=O) groups excluding carboxylic acids is 1. The third kappa shape index (κ3) is 6.02. The number of hydrogen-bond donors (Lipinski definition) is 1. The van der Waals surface area contributed by atoms with Crippen molar-refractivity contribution in [3.05, 3.63) is 71.3 Å². The van der Waals surface area contributed by atoms with E-state index in [4.69, 9.17) is 17.5 Å². The molecular formula is C20H21N3OS. The van der Waals surface area contributed by atoms with E-state index in [1.807, 2.05) is 42.2 Å². The van der Waals surface area contributed by atoms with Gasteiger partial charge in [0.1, 0.15) is 0 Å². The van der Waals surface area contributed by atoms with Crippen molar-refractivity contribution in [1.29, 1.82) is 5.26 Å². The standard InChI is InChI=1S/C20H21N3OS/c1-16-8-10-18(11-9-16)19(24)22-20(25)23(14-5-13-21)15-12-17-6-3-2-4-7-17/h2-4,6-11H,5,12,14-15H2,1H3,(H,22,24,25). The molecule has 0 spiro atoms. The van der Waals surface area contributed by atoms with E-state index in [9.17, 15) is 4.79 Å². The smallest absolute Gasteiger partial charge is 0.257 e. The summed E-state index contributed by atoms with van der Waals surface area (Å²) in [5.74, 6) is -0.230. The highest BCUT2D eigenvalue weighted by Gasteiger charge is 2.14. The highest BCUT2D eigenvalue weighted by atomic mass is 32.1. The monoisotopic (exact) mass is 351 g/mol. The van der Waals surface area contributed by atoms with Gasteiger partial charge in [0.15, 0.2) is 5.11 Å². The maximum atomic E-state index is 12.3. The highest BCUT2D eigenvalue weighted by Crippen LogP contribution is 2.05. The van der Waals surface area contributed by atoms with Crippen LogP contribution in [-0.4, -0.2) is 29.0 Å². The second-order valence-corrected chi connectivity index (χ2v) is 6.14. The predicted molar refractivity (Wildman–Crippen MR) is 103 cm³/mol. The Morgan fingerprint density at radius 3 is 2.44 bits per heavy atom. The number of aryl methyl sites for hydroxylation is 1. The van der Waals surface area contributed by atoms with Gasteiger partial charge in [0.05, 0.1) is 12.5 Å². The molecule has 0 aliphatic heterocycles. The number of carbonyl (C=O) groups is 1. The van der Waals surface area contributed by atoms with Crippen molar-refractivity contribution < 1.29 is 4.79 Å². The van der Waals surface area contributed by atoms with E-state index in [-0.39, 0.29) is 5.91 Å². The van der Waals surface area contributed by atoms with E-state index in [2.05, 4.69) is 23.5 Å². The second-order valence-electron chi connectivity index (χ2n) is 5.76. The van der Waals surface area contributed by atoms with Crippen LogP contribution >= 0.6 is 12.2 Å². The molecule has 0 saturated heterocycles. The van der Waals surface area contributed by atoms with Gasteiger partial charge in [-0.15, -0.1) is 0 Å². The molecule has 1 N–H and O–H groups in total. The van der Waals surface area contributed by atoms with Crippen LogP contribution in [0.5, 0.6) is 0 Å². The Morgan fingerprint density at radius 1 is 1.12 bits per heavy atom. The Labute approximate surface area is 154 Å². The number of benzene rings is 2. The van der Waals surface area contributed by atoms with Gasteiger partial charge in [0.2, 0.25) is 0 Å². The van der Waals surface area contributed by atoms with Crippen LogP contribution in [0.3, 0.4) is 0 Å². The Morgan fingerprint density at radius 2 is 1.80 bits per heavy atom. The molecular weight excluding hydrogens is 330 g/mol. The minimum atomic E-state index is -0.230. The summed E-state index contributed by atoms with van der Waals surface area (Å²) in [5, 5.41) is 12.0. The minimum absolute atomic E-state index is 0.230. The molecule has 0 atom stereocenters. The van der Waals surface area contributed by atoms with Crippen LogP contribution in [0, 0.1) is 18.3 Å². The van der Waals surface area contributed by atoms with Crippen LogP contribution in [0.15, 0.2) is 54.6 Å². The number of nitrogens with one attached hydrogen (secondary N) is 1. The van der Waals surface area contributed by atoms with Gasteiger partial charge in [0.25, 0.3) is 5.91 Å². The zero-order valence-electron chi connectivity index (χ0n) is 14.2. The van der Waals surface area contributed by atoms with Crippen LogP contribution in [0.1, 0.15) is 27.9 Å². The van der Waals surface area contributed by atoms with Gasteiger partial charge in [0, 0.05) is 18.7 Å². The molecule has 0 unspecified atom stereocenters. The van der Waals surface area contributed by atoms with Gasteiger partial charge in [-0.3, -0.25) is 10.1 Å². The van der Waals surface area contributed by atoms with Gasteiger partial charge in [-0.1, -0.05) is 48.0 Å². The Bertz CT molecular complexity index is 751. The highest BCUT2D eigenvalue weighted by molar-refractivity contribution is 7.80. The number of hydrogen-bond acceptors (Lipinski definition) is 3. The fourth-order valence-electron chi connectivity index (χ4n) is 2.36. The lowest BCUT2D eigenvalue weighted by atomic mass is 10.1. The summed E-state index contributed by atoms with van der Waals surface area (Å²) in [6.45, 7) is 3.12. The molecule has 128 valence electrons. The zero-order valence-corrected chi connectivity index (χ0v) is 15.1. The average molecular weight is 351 g/mol. The summed E-state index contributed by atoms with van der Waals surface area (Å²) in [4.78, 5) is 14.2. The quantitative estimate of drug-likeness (QED) is 0.810. The van der Waals surface area contributed by atoms with Crippen LogP contribution < -0.4 is 5.32 Å². The largest absolute Gasteiger partial charge is 0.348 e. The predicted octanol–water partition coefficient (Wildman–Crippen LogP) is 3.47. The van der Waals surface area contributed by atoms with Crippen molar-refractivity contribution in [2.75, 3.05) is 13.1 Å². The van der Waals surface area contributed by atoms with Gasteiger partial charge in [-0.05, 0) is 43.3 Å². The molecule has 0 bridgehead atoms. The molecule has 0 aliphatic rings. The summed E-state index contributed by atoms with van der Waals surface area (Å²) in [7, 11) is 0. The first-order valence-electron chi connectivity index (χ1n) is 8.18. The number of rotatable bonds is 6. The SMILES string of the molecule is Cc1ccc(C(=O)NC(=S)N(CCC#N)CCc2ccccc2)cc1. The molecule has 2 aromatic carbocycles. The molecule has 0 saturated carbocycles. The van der Waals surface area contributed by atoms with Gasteiger partial charge in [-0.2, -0.15) is 5.26 Å². The van der Waals surface area contributed by atoms with E-state index in [0.717, 1.165) is 12.0 Å². The summed E-state index contributed by atoms with van der Waals surface area (Å²) in [6, 6.07) is 19.5. The third-order valence-electron chi connectivity index (χ3n) is 3.83. The number of nitrogens with zero attached hydrogens (tertiary/aromatic N) is 2. The molecule has 25 heavy (non-hydrogen) atoms. The van der Waals surface area contributed by atoms with Crippen molar-refractivity contribution in [3.8, 4) is 6.07 Å². The number of amides is 1. The average Bonchev–Trinajstić information content (AvgIpc) is 2.63. The van der Waals surface area contributed by atoms with E-state index in [1.54, 1.807) is 12.1 Å². The summed E-state index contributed by atoms with van der Waals surface area (Å²) in [6.07, 6.45) is 1.15. The van der Waals surface area contributed by atoms with Crippen LogP contribution in [-0.2, 0) is 6.42 Å². The molecule has 0 radical (unpaired) electrons. The topological polar surface area (TPSA) is 56.1 Å². The molecule has 0 heterocycles. The first-order chi connectivity index (χ1) is 12.1. The van der Waals surface area contributed by atoms with E-state index in [0.29, 0.717) is 30.2 Å². The van der Waals surface area contributed by atoms with E-state index < -0.39 is 0 Å². The third-order valence-corrected chi connectivity index (χ3v) is 4.19. The maximum Gasteiger partial charge on any atom is 0.257 e. The second kappa shape index (κ2) is 9.55.